The van der Waals surface area contributed by atoms with Crippen molar-refractivity contribution in [2.24, 2.45) is 5.92 Å². The average Bonchev–Trinajstić information content (AvgIpc) is 2.33. The molecule has 1 aromatic carbocycles. The van der Waals surface area contributed by atoms with Gasteiger partial charge in [0.05, 0.1) is 5.56 Å². The van der Waals surface area contributed by atoms with E-state index in [0.717, 1.165) is 5.56 Å². The van der Waals surface area contributed by atoms with Gasteiger partial charge in [-0.05, 0) is 24.6 Å². The normalized spacial score (nSPS) is 10.4. The summed E-state index contributed by atoms with van der Waals surface area (Å²) in [6.45, 7) is 5.93. The first-order chi connectivity index (χ1) is 8.91. The van der Waals surface area contributed by atoms with Gasteiger partial charge in [-0.15, -0.1) is 0 Å². The van der Waals surface area contributed by atoms with Crippen LogP contribution >= 0.6 is 0 Å². The third kappa shape index (κ3) is 4.69. The van der Waals surface area contributed by atoms with Gasteiger partial charge in [0.2, 0.25) is 5.91 Å². The Labute approximate surface area is 112 Å². The molecule has 0 aromatic heterocycles. The van der Waals surface area contributed by atoms with Gasteiger partial charge in [0.1, 0.15) is 5.82 Å². The van der Waals surface area contributed by atoms with E-state index >= 15 is 0 Å². The molecular formula is C14H19FN2O2. The Morgan fingerprint density at radius 1 is 1.21 bits per heavy atom. The summed E-state index contributed by atoms with van der Waals surface area (Å²) in [4.78, 5) is 23.0. The number of carbonyl (C=O) groups is 2. The first-order valence-electron chi connectivity index (χ1n) is 6.24. The van der Waals surface area contributed by atoms with Gasteiger partial charge in [0, 0.05) is 19.0 Å². The summed E-state index contributed by atoms with van der Waals surface area (Å²) in [6, 6.07) is 4.45. The molecule has 0 aliphatic carbocycles. The van der Waals surface area contributed by atoms with Gasteiger partial charge >= 0.3 is 0 Å². The number of hydrogen-bond acceptors (Lipinski definition) is 2. The van der Waals surface area contributed by atoms with Crippen LogP contribution in [0, 0.1) is 18.7 Å². The maximum atomic E-state index is 13.5. The molecule has 0 heterocycles. The first kappa shape index (κ1) is 15.1. The van der Waals surface area contributed by atoms with Crippen molar-refractivity contribution >= 4 is 11.8 Å². The maximum absolute atomic E-state index is 13.5. The zero-order valence-electron chi connectivity index (χ0n) is 11.4. The van der Waals surface area contributed by atoms with Crippen molar-refractivity contribution in [2.45, 2.75) is 20.8 Å². The van der Waals surface area contributed by atoms with E-state index in [1.54, 1.807) is 26.8 Å². The lowest BCUT2D eigenvalue weighted by molar-refractivity contribution is -0.123. The molecule has 0 spiro atoms. The Bertz CT molecular complexity index is 473. The highest BCUT2D eigenvalue weighted by atomic mass is 19.1. The molecule has 0 saturated carbocycles. The van der Waals surface area contributed by atoms with Crippen LogP contribution in [0.5, 0.6) is 0 Å². The maximum Gasteiger partial charge on any atom is 0.254 e. The summed E-state index contributed by atoms with van der Waals surface area (Å²) >= 11 is 0. The van der Waals surface area contributed by atoms with E-state index in [1.165, 1.54) is 12.1 Å². The van der Waals surface area contributed by atoms with Gasteiger partial charge in [-0.25, -0.2) is 4.39 Å². The fraction of sp³-hybridized carbons (Fsp3) is 0.429. The van der Waals surface area contributed by atoms with E-state index in [4.69, 9.17) is 0 Å². The molecule has 0 radical (unpaired) electrons. The van der Waals surface area contributed by atoms with Crippen molar-refractivity contribution in [2.75, 3.05) is 13.1 Å². The van der Waals surface area contributed by atoms with Crippen molar-refractivity contribution in [3.8, 4) is 0 Å². The Balaban J connectivity index is 2.41. The third-order valence-corrected chi connectivity index (χ3v) is 2.60. The van der Waals surface area contributed by atoms with E-state index in [9.17, 15) is 14.0 Å². The van der Waals surface area contributed by atoms with Crippen molar-refractivity contribution in [1.82, 2.24) is 10.6 Å². The highest BCUT2D eigenvalue weighted by molar-refractivity contribution is 5.94. The second-order valence-corrected chi connectivity index (χ2v) is 4.68. The Hall–Kier alpha value is -1.91. The number of hydrogen-bond donors (Lipinski definition) is 2. The van der Waals surface area contributed by atoms with Gasteiger partial charge < -0.3 is 10.6 Å². The van der Waals surface area contributed by atoms with Crippen LogP contribution < -0.4 is 10.6 Å². The number of rotatable bonds is 5. The topological polar surface area (TPSA) is 58.2 Å². The van der Waals surface area contributed by atoms with Crippen LogP contribution in [0.25, 0.3) is 0 Å². The predicted octanol–water partition coefficient (Wildman–Crippen LogP) is 1.64. The SMILES string of the molecule is Cc1ccc(C(=O)NCCNC(=O)C(C)C)c(F)c1. The van der Waals surface area contributed by atoms with Crippen molar-refractivity contribution in [3.05, 3.63) is 35.1 Å². The zero-order valence-corrected chi connectivity index (χ0v) is 11.4. The number of amides is 2. The number of benzene rings is 1. The van der Waals surface area contributed by atoms with Crippen LogP contribution in [-0.4, -0.2) is 24.9 Å². The molecule has 0 aliphatic rings. The molecule has 2 N–H and O–H groups in total. The lowest BCUT2D eigenvalue weighted by atomic mass is 10.1. The standard InChI is InChI=1S/C14H19FN2O2/c1-9(2)13(18)16-6-7-17-14(19)11-5-4-10(3)8-12(11)15/h4-5,8-9H,6-7H2,1-3H3,(H,16,18)(H,17,19). The van der Waals surface area contributed by atoms with Crippen LogP contribution in [0.15, 0.2) is 18.2 Å². The molecule has 19 heavy (non-hydrogen) atoms. The minimum Gasteiger partial charge on any atom is -0.354 e. The molecule has 1 aromatic rings. The second kappa shape index (κ2) is 6.87. The smallest absolute Gasteiger partial charge is 0.254 e. The molecule has 0 fully saturated rings. The zero-order chi connectivity index (χ0) is 14.4. The molecule has 0 atom stereocenters. The summed E-state index contributed by atoms with van der Waals surface area (Å²) < 4.78 is 13.5. The van der Waals surface area contributed by atoms with Crippen LogP contribution in [0.1, 0.15) is 29.8 Å². The Kier molecular flexibility index (Phi) is 5.48. The second-order valence-electron chi connectivity index (χ2n) is 4.68. The lowest BCUT2D eigenvalue weighted by Crippen LogP contribution is -2.36. The van der Waals surface area contributed by atoms with E-state index in [2.05, 4.69) is 10.6 Å². The molecule has 4 nitrogen and oxygen atoms in total. The van der Waals surface area contributed by atoms with Gasteiger partial charge in [-0.1, -0.05) is 19.9 Å². The van der Waals surface area contributed by atoms with Gasteiger partial charge in [0.15, 0.2) is 0 Å². The Morgan fingerprint density at radius 3 is 2.42 bits per heavy atom. The van der Waals surface area contributed by atoms with Crippen LogP contribution in [0.4, 0.5) is 4.39 Å². The molecule has 2 amide bonds. The largest absolute Gasteiger partial charge is 0.354 e. The van der Waals surface area contributed by atoms with E-state index in [0.29, 0.717) is 6.54 Å². The van der Waals surface area contributed by atoms with Crippen LogP contribution in [0.2, 0.25) is 0 Å². The van der Waals surface area contributed by atoms with Crippen molar-refractivity contribution in [1.29, 1.82) is 0 Å². The minimum atomic E-state index is -0.538. The molecule has 0 bridgehead atoms. The predicted molar refractivity (Wildman–Crippen MR) is 71.3 cm³/mol. The summed E-state index contributed by atoms with van der Waals surface area (Å²) in [5, 5.41) is 5.23. The molecule has 1 rings (SSSR count). The fourth-order valence-electron chi connectivity index (χ4n) is 1.47. The fourth-order valence-corrected chi connectivity index (χ4v) is 1.47. The summed E-state index contributed by atoms with van der Waals surface area (Å²) in [7, 11) is 0. The van der Waals surface area contributed by atoms with Crippen LogP contribution in [0.3, 0.4) is 0 Å². The number of halogens is 1. The molecule has 0 unspecified atom stereocenters. The molecule has 0 saturated heterocycles. The van der Waals surface area contributed by atoms with Gasteiger partial charge in [-0.2, -0.15) is 0 Å². The van der Waals surface area contributed by atoms with E-state index in [-0.39, 0.29) is 23.9 Å². The quantitative estimate of drug-likeness (QED) is 0.796. The lowest BCUT2D eigenvalue weighted by Gasteiger charge is -2.09. The minimum absolute atomic E-state index is 0.0146. The van der Waals surface area contributed by atoms with E-state index in [1.807, 2.05) is 0 Å². The van der Waals surface area contributed by atoms with Crippen LogP contribution in [-0.2, 0) is 4.79 Å². The summed E-state index contributed by atoms with van der Waals surface area (Å²) in [5.41, 5.74) is 0.777. The monoisotopic (exact) mass is 266 g/mol. The van der Waals surface area contributed by atoms with Crippen molar-refractivity contribution in [3.63, 3.8) is 0 Å². The number of nitrogens with one attached hydrogen (secondary N) is 2. The van der Waals surface area contributed by atoms with Gasteiger partial charge in [-0.3, -0.25) is 9.59 Å². The average molecular weight is 266 g/mol. The summed E-state index contributed by atoms with van der Waals surface area (Å²) in [5.74, 6) is -1.18. The molecule has 5 heteroatoms. The van der Waals surface area contributed by atoms with Gasteiger partial charge in [0.25, 0.3) is 5.91 Å². The summed E-state index contributed by atoms with van der Waals surface area (Å²) in [6.07, 6.45) is 0. The highest BCUT2D eigenvalue weighted by Crippen LogP contribution is 2.09. The molecule has 0 aliphatic heterocycles. The first-order valence-corrected chi connectivity index (χ1v) is 6.24. The third-order valence-electron chi connectivity index (χ3n) is 2.60. The molecule has 104 valence electrons. The number of carbonyl (C=O) groups excluding carboxylic acids is 2. The number of aryl methyl sites for hydroxylation is 1. The highest BCUT2D eigenvalue weighted by Gasteiger charge is 2.11. The molecular weight excluding hydrogens is 247 g/mol. The van der Waals surface area contributed by atoms with E-state index < -0.39 is 11.7 Å². The Morgan fingerprint density at radius 2 is 1.84 bits per heavy atom. The van der Waals surface area contributed by atoms with Crippen molar-refractivity contribution < 1.29 is 14.0 Å².